The minimum atomic E-state index is -0.252. The van der Waals surface area contributed by atoms with E-state index in [1.807, 2.05) is 30.3 Å². The molecule has 5 rings (SSSR count). The van der Waals surface area contributed by atoms with Crippen LogP contribution in [0.4, 0.5) is 5.69 Å². The van der Waals surface area contributed by atoms with Crippen LogP contribution < -0.4 is 19.7 Å². The number of thioether (sulfide) groups is 1. The third kappa shape index (κ3) is 3.30. The van der Waals surface area contributed by atoms with Gasteiger partial charge in [-0.05, 0) is 18.2 Å². The first-order valence-electron chi connectivity index (χ1n) is 9.66. The Kier molecular flexibility index (Phi) is 5.04. The summed E-state index contributed by atoms with van der Waals surface area (Å²) < 4.78 is 12.8. The average Bonchev–Trinajstić information content (AvgIpc) is 3.09. The van der Waals surface area contributed by atoms with E-state index >= 15 is 0 Å². The molecule has 30 heavy (non-hydrogen) atoms. The zero-order chi connectivity index (χ0) is 20.7. The van der Waals surface area contributed by atoms with Gasteiger partial charge in [-0.1, -0.05) is 41.7 Å². The summed E-state index contributed by atoms with van der Waals surface area (Å²) in [6.07, 6.45) is 0. The third-order valence-electron chi connectivity index (χ3n) is 5.45. The van der Waals surface area contributed by atoms with Crippen LogP contribution in [0.1, 0.15) is 16.4 Å². The van der Waals surface area contributed by atoms with Gasteiger partial charge in [-0.3, -0.25) is 14.2 Å². The summed E-state index contributed by atoms with van der Waals surface area (Å²) in [5.74, 6) is 2.54. The maximum Gasteiger partial charge on any atom is 0.308 e. The number of rotatable bonds is 4. The summed E-state index contributed by atoms with van der Waals surface area (Å²) in [6.45, 7) is 0.625. The van der Waals surface area contributed by atoms with Gasteiger partial charge in [0, 0.05) is 28.0 Å². The number of hydrogen-bond acceptors (Lipinski definition) is 6. The van der Waals surface area contributed by atoms with E-state index in [0.717, 1.165) is 27.0 Å². The Bertz CT molecular complexity index is 1170. The minimum absolute atomic E-state index is 0.0226. The molecule has 0 radical (unpaired) electrons. The van der Waals surface area contributed by atoms with Gasteiger partial charge in [0.1, 0.15) is 18.0 Å². The first-order valence-corrected chi connectivity index (χ1v) is 11.5. The van der Waals surface area contributed by atoms with Gasteiger partial charge < -0.3 is 14.8 Å². The van der Waals surface area contributed by atoms with Crippen LogP contribution in [0.3, 0.4) is 0 Å². The van der Waals surface area contributed by atoms with E-state index in [9.17, 15) is 9.59 Å². The first kappa shape index (κ1) is 19.3. The highest BCUT2D eigenvalue weighted by Gasteiger charge is 2.39. The van der Waals surface area contributed by atoms with Crippen molar-refractivity contribution in [3.63, 3.8) is 0 Å². The molecule has 0 saturated carbocycles. The summed E-state index contributed by atoms with van der Waals surface area (Å²) in [4.78, 5) is 26.5. The van der Waals surface area contributed by atoms with Crippen LogP contribution in [0.2, 0.25) is 0 Å². The van der Waals surface area contributed by atoms with Crippen LogP contribution in [-0.2, 0) is 11.3 Å². The van der Waals surface area contributed by atoms with Gasteiger partial charge >= 0.3 is 4.87 Å². The monoisotopic (exact) mass is 440 g/mol. The molecule has 0 aliphatic carbocycles. The minimum Gasteiger partial charge on any atom is -0.495 e. The topological polar surface area (TPSA) is 69.6 Å². The van der Waals surface area contributed by atoms with E-state index in [1.54, 1.807) is 35.6 Å². The summed E-state index contributed by atoms with van der Waals surface area (Å²) in [6, 6.07) is 15.3. The van der Waals surface area contributed by atoms with E-state index in [-0.39, 0.29) is 23.2 Å². The predicted molar refractivity (Wildman–Crippen MR) is 118 cm³/mol. The van der Waals surface area contributed by atoms with Crippen molar-refractivity contribution < 1.29 is 14.3 Å². The molecular weight excluding hydrogens is 420 g/mol. The second kappa shape index (κ2) is 7.85. The van der Waals surface area contributed by atoms with Crippen molar-refractivity contribution in [3.05, 3.63) is 68.6 Å². The van der Waals surface area contributed by atoms with Crippen molar-refractivity contribution in [2.75, 3.05) is 24.8 Å². The number of ether oxygens (including phenoxy) is 2. The Morgan fingerprint density at radius 3 is 2.90 bits per heavy atom. The molecule has 154 valence electrons. The van der Waals surface area contributed by atoms with Crippen LogP contribution in [0.5, 0.6) is 11.5 Å². The van der Waals surface area contributed by atoms with Gasteiger partial charge in [-0.15, -0.1) is 11.8 Å². The fourth-order valence-electron chi connectivity index (χ4n) is 4.07. The first-order chi connectivity index (χ1) is 14.7. The molecular formula is C22H20N2O4S2. The third-order valence-corrected chi connectivity index (χ3v) is 7.95. The van der Waals surface area contributed by atoms with E-state index in [2.05, 4.69) is 11.4 Å². The van der Waals surface area contributed by atoms with Crippen LogP contribution in [0.25, 0.3) is 0 Å². The van der Waals surface area contributed by atoms with E-state index < -0.39 is 0 Å². The number of benzene rings is 2. The molecule has 0 saturated heterocycles. The van der Waals surface area contributed by atoms with Gasteiger partial charge in [-0.2, -0.15) is 0 Å². The molecule has 2 aromatic carbocycles. The lowest BCUT2D eigenvalue weighted by Gasteiger charge is -2.36. The number of nitrogens with one attached hydrogen (secondary N) is 1. The van der Waals surface area contributed by atoms with Crippen LogP contribution in [0, 0.1) is 5.92 Å². The van der Waals surface area contributed by atoms with E-state index in [1.165, 1.54) is 11.3 Å². The Balaban J connectivity index is 1.45. The molecule has 1 amide bonds. The molecule has 0 spiro atoms. The fraction of sp³-hybridized carbons (Fsp3) is 0.273. The molecule has 1 N–H and O–H groups in total. The molecule has 2 aliphatic rings. The van der Waals surface area contributed by atoms with Crippen LogP contribution in [-0.4, -0.2) is 29.9 Å². The summed E-state index contributed by atoms with van der Waals surface area (Å²) >= 11 is 2.89. The lowest BCUT2D eigenvalue weighted by molar-refractivity contribution is -0.116. The van der Waals surface area contributed by atoms with Crippen molar-refractivity contribution in [2.24, 2.45) is 5.92 Å². The maximum atomic E-state index is 12.8. The largest absolute Gasteiger partial charge is 0.495 e. The average molecular weight is 441 g/mol. The molecule has 6 nitrogen and oxygen atoms in total. The van der Waals surface area contributed by atoms with Crippen LogP contribution >= 0.6 is 23.1 Å². The molecule has 3 heterocycles. The smallest absolute Gasteiger partial charge is 0.308 e. The molecule has 3 aromatic rings. The highest BCUT2D eigenvalue weighted by atomic mass is 32.2. The second-order valence-corrected chi connectivity index (χ2v) is 9.27. The summed E-state index contributed by atoms with van der Waals surface area (Å²) in [7, 11) is 1.56. The molecule has 2 atom stereocenters. The number of carbonyl (C=O) groups excluding carboxylic acids is 1. The van der Waals surface area contributed by atoms with E-state index in [0.29, 0.717) is 24.0 Å². The second-order valence-electron chi connectivity index (χ2n) is 7.27. The summed E-state index contributed by atoms with van der Waals surface area (Å²) in [5, 5.41) is 3.76. The summed E-state index contributed by atoms with van der Waals surface area (Å²) in [5.41, 5.74) is 1.72. The van der Waals surface area contributed by atoms with E-state index in [4.69, 9.17) is 9.47 Å². The Morgan fingerprint density at radius 1 is 1.23 bits per heavy atom. The quantitative estimate of drug-likeness (QED) is 0.668. The highest BCUT2D eigenvalue weighted by molar-refractivity contribution is 7.99. The fourth-order valence-corrected chi connectivity index (χ4v) is 6.76. The number of aromatic nitrogens is 1. The van der Waals surface area contributed by atoms with Crippen molar-refractivity contribution in [2.45, 2.75) is 17.5 Å². The number of anilines is 1. The number of amides is 1. The number of nitrogens with zero attached hydrogens (tertiary/aromatic N) is 1. The van der Waals surface area contributed by atoms with Crippen LogP contribution in [0.15, 0.2) is 58.4 Å². The number of methoxy groups -OCH3 is 1. The van der Waals surface area contributed by atoms with Gasteiger partial charge in [-0.25, -0.2) is 0 Å². The Morgan fingerprint density at radius 2 is 2.03 bits per heavy atom. The number of para-hydroxylation sites is 3. The Hall–Kier alpha value is -2.71. The molecule has 0 fully saturated rings. The molecule has 1 aromatic heterocycles. The van der Waals surface area contributed by atoms with Gasteiger partial charge in [0.15, 0.2) is 0 Å². The highest BCUT2D eigenvalue weighted by Crippen LogP contribution is 2.50. The van der Waals surface area contributed by atoms with Crippen molar-refractivity contribution >= 4 is 34.7 Å². The molecule has 0 unspecified atom stereocenters. The normalized spacial score (nSPS) is 19.1. The zero-order valence-corrected chi connectivity index (χ0v) is 17.9. The standard InChI is InChI=1S/C22H20N2O4S2/c1-27-17-9-5-3-7-15(17)23-18(25)10-24-21-20(30-22(24)26)19-13(12-29-21)11-28-16-8-4-2-6-14(16)19/h2-9,13,19H,10-12H2,1H3,(H,23,25)/t13-,19+/m1/s1. The number of hydrogen-bond donors (Lipinski definition) is 1. The van der Waals surface area contributed by atoms with Crippen molar-refractivity contribution in [1.82, 2.24) is 4.57 Å². The predicted octanol–water partition coefficient (Wildman–Crippen LogP) is 3.80. The molecule has 8 heteroatoms. The number of fused-ring (bicyclic) bond motifs is 5. The maximum absolute atomic E-state index is 12.8. The van der Waals surface area contributed by atoms with Crippen molar-refractivity contribution in [3.8, 4) is 11.5 Å². The lowest BCUT2D eigenvalue weighted by Crippen LogP contribution is -2.31. The SMILES string of the molecule is COc1ccccc1NC(=O)Cn1c2c(sc1=O)[C@@H]1c3ccccc3OC[C@@H]1CS2. The van der Waals surface area contributed by atoms with Gasteiger partial charge in [0.25, 0.3) is 0 Å². The number of thiazole rings is 1. The van der Waals surface area contributed by atoms with Gasteiger partial charge in [0.2, 0.25) is 5.91 Å². The zero-order valence-electron chi connectivity index (χ0n) is 16.3. The van der Waals surface area contributed by atoms with Gasteiger partial charge in [0.05, 0.1) is 24.4 Å². The lowest BCUT2D eigenvalue weighted by atomic mass is 9.84. The Labute approximate surface area is 181 Å². The molecule has 0 bridgehead atoms. The number of carbonyl (C=O) groups is 1. The molecule has 2 aliphatic heterocycles. The van der Waals surface area contributed by atoms with Crippen molar-refractivity contribution in [1.29, 1.82) is 0 Å².